The van der Waals surface area contributed by atoms with Crippen LogP contribution in [0.4, 0.5) is 0 Å². The van der Waals surface area contributed by atoms with E-state index in [1.165, 1.54) is 30.5 Å². The zero-order valence-electron chi connectivity index (χ0n) is 9.36. The molecule has 2 unspecified atom stereocenters. The number of pyridine rings is 1. The molecule has 1 saturated heterocycles. The van der Waals surface area contributed by atoms with Gasteiger partial charge < -0.3 is 0 Å². The molecule has 1 aliphatic carbocycles. The Morgan fingerprint density at radius 2 is 2.25 bits per heavy atom. The van der Waals surface area contributed by atoms with E-state index in [-0.39, 0.29) is 0 Å². The summed E-state index contributed by atoms with van der Waals surface area (Å²) in [4.78, 5) is 6.61. The van der Waals surface area contributed by atoms with Gasteiger partial charge in [-0.3, -0.25) is 4.90 Å². The highest BCUT2D eigenvalue weighted by Gasteiger charge is 2.32. The van der Waals surface area contributed by atoms with Crippen molar-refractivity contribution in [1.29, 1.82) is 0 Å². The van der Waals surface area contributed by atoms with E-state index in [4.69, 9.17) is 11.6 Å². The lowest BCUT2D eigenvalue weighted by atomic mass is 9.78. The first-order valence-corrected chi connectivity index (χ1v) is 6.16. The van der Waals surface area contributed by atoms with Gasteiger partial charge in [-0.1, -0.05) is 23.7 Å². The number of halogens is 1. The van der Waals surface area contributed by atoms with Crippen molar-refractivity contribution in [2.45, 2.75) is 18.9 Å². The maximum absolute atomic E-state index is 5.81. The number of fused-ring (bicyclic) bond motifs is 2. The number of hydrogen-bond donors (Lipinski definition) is 0. The number of rotatable bonds is 1. The molecule has 1 fully saturated rings. The van der Waals surface area contributed by atoms with Crippen LogP contribution >= 0.6 is 11.6 Å². The van der Waals surface area contributed by atoms with Gasteiger partial charge in [-0.2, -0.15) is 0 Å². The molecule has 0 saturated carbocycles. The molecule has 1 aromatic rings. The molecule has 1 aromatic heterocycles. The Morgan fingerprint density at radius 1 is 1.38 bits per heavy atom. The van der Waals surface area contributed by atoms with Crippen molar-refractivity contribution in [2.75, 3.05) is 13.6 Å². The third-order valence-corrected chi connectivity index (χ3v) is 3.98. The van der Waals surface area contributed by atoms with Gasteiger partial charge in [0, 0.05) is 18.8 Å². The van der Waals surface area contributed by atoms with Gasteiger partial charge in [-0.25, -0.2) is 4.98 Å². The van der Waals surface area contributed by atoms with E-state index in [2.05, 4.69) is 29.1 Å². The molecule has 2 aliphatic heterocycles. The number of aromatic nitrogens is 1. The van der Waals surface area contributed by atoms with Crippen LogP contribution < -0.4 is 0 Å². The van der Waals surface area contributed by atoms with Gasteiger partial charge in [0.05, 0.1) is 0 Å². The molecule has 0 N–H and O–H groups in total. The van der Waals surface area contributed by atoms with Crippen molar-refractivity contribution < 1.29 is 0 Å². The highest BCUT2D eigenvalue weighted by atomic mass is 35.5. The second kappa shape index (κ2) is 3.86. The van der Waals surface area contributed by atoms with E-state index < -0.39 is 0 Å². The fourth-order valence-electron chi connectivity index (χ4n) is 2.85. The molecule has 4 rings (SSSR count). The van der Waals surface area contributed by atoms with E-state index in [0.29, 0.717) is 17.1 Å². The third kappa shape index (κ3) is 1.66. The minimum atomic E-state index is 0.572. The van der Waals surface area contributed by atoms with Crippen LogP contribution in [0.1, 0.15) is 18.4 Å². The second-order valence-electron chi connectivity index (χ2n) is 4.77. The van der Waals surface area contributed by atoms with Crippen LogP contribution in [-0.2, 0) is 0 Å². The molecule has 0 amide bonds. The Kier molecular flexibility index (Phi) is 2.49. The van der Waals surface area contributed by atoms with Gasteiger partial charge in [0.25, 0.3) is 0 Å². The molecule has 0 aromatic carbocycles. The molecule has 0 spiro atoms. The number of nitrogens with zero attached hydrogens (tertiary/aromatic N) is 2. The molecule has 3 heterocycles. The lowest BCUT2D eigenvalue weighted by Crippen LogP contribution is -2.43. The zero-order chi connectivity index (χ0) is 11.1. The van der Waals surface area contributed by atoms with Gasteiger partial charge in [-0.05, 0) is 43.0 Å². The molecule has 2 nitrogen and oxygen atoms in total. The molecule has 84 valence electrons. The van der Waals surface area contributed by atoms with Crippen LogP contribution in [0.15, 0.2) is 24.4 Å². The standard InChI is InChI=1S/C13H15ClN2/c1-16-8-10-2-4-11(16)6-12(10)9-3-5-13(14)15-7-9/h3,5-7,10-11H,2,4,8H2,1H3. The number of likely N-dealkylation sites (N-methyl/N-ethyl adjacent to an activating group) is 1. The molecule has 2 atom stereocenters. The summed E-state index contributed by atoms with van der Waals surface area (Å²) in [6.07, 6.45) is 6.91. The topological polar surface area (TPSA) is 16.1 Å². The van der Waals surface area contributed by atoms with Gasteiger partial charge in [0.1, 0.15) is 5.15 Å². The van der Waals surface area contributed by atoms with Crippen LogP contribution in [0, 0.1) is 5.92 Å². The lowest BCUT2D eigenvalue weighted by molar-refractivity contribution is 0.178. The number of hydrogen-bond acceptors (Lipinski definition) is 2. The Balaban J connectivity index is 1.96. The summed E-state index contributed by atoms with van der Waals surface area (Å²) in [6.45, 7) is 1.18. The molecule has 0 radical (unpaired) electrons. The van der Waals surface area contributed by atoms with Crippen LogP contribution in [0.25, 0.3) is 5.57 Å². The summed E-state index contributed by atoms with van der Waals surface area (Å²) in [6, 6.07) is 4.58. The van der Waals surface area contributed by atoms with Crippen LogP contribution in [-0.4, -0.2) is 29.5 Å². The fraction of sp³-hybridized carbons (Fsp3) is 0.462. The highest BCUT2D eigenvalue weighted by Crippen LogP contribution is 2.38. The first kappa shape index (κ1) is 10.3. The third-order valence-electron chi connectivity index (χ3n) is 3.76. The predicted molar refractivity (Wildman–Crippen MR) is 66.4 cm³/mol. The van der Waals surface area contributed by atoms with Gasteiger partial charge in [-0.15, -0.1) is 0 Å². The smallest absolute Gasteiger partial charge is 0.129 e. The summed E-state index contributed by atoms with van der Waals surface area (Å²) in [5.74, 6) is 0.679. The molecule has 3 aliphatic rings. The SMILES string of the molecule is CN1CC2CCC1C=C2c1ccc(Cl)nc1. The Labute approximate surface area is 101 Å². The normalized spacial score (nSPS) is 29.2. The van der Waals surface area contributed by atoms with Crippen LogP contribution in [0.5, 0.6) is 0 Å². The maximum Gasteiger partial charge on any atom is 0.129 e. The van der Waals surface area contributed by atoms with Gasteiger partial charge in [0.15, 0.2) is 0 Å². The van der Waals surface area contributed by atoms with Crippen molar-refractivity contribution in [3.05, 3.63) is 35.1 Å². The van der Waals surface area contributed by atoms with E-state index in [0.717, 1.165) is 0 Å². The average Bonchev–Trinajstić information content (AvgIpc) is 2.31. The quantitative estimate of drug-likeness (QED) is 0.695. The number of piperidine rings is 1. The molecule has 16 heavy (non-hydrogen) atoms. The average molecular weight is 235 g/mol. The maximum atomic E-state index is 5.81. The van der Waals surface area contributed by atoms with Crippen molar-refractivity contribution in [2.24, 2.45) is 5.92 Å². The van der Waals surface area contributed by atoms with Crippen molar-refractivity contribution in [1.82, 2.24) is 9.88 Å². The van der Waals surface area contributed by atoms with E-state index in [1.54, 1.807) is 0 Å². The summed E-state index contributed by atoms with van der Waals surface area (Å²) in [7, 11) is 2.21. The largest absolute Gasteiger partial charge is 0.299 e. The van der Waals surface area contributed by atoms with E-state index in [9.17, 15) is 0 Å². The molecular formula is C13H15ClN2. The van der Waals surface area contributed by atoms with Crippen molar-refractivity contribution >= 4 is 17.2 Å². The Bertz CT molecular complexity index is 424. The zero-order valence-corrected chi connectivity index (χ0v) is 10.1. The highest BCUT2D eigenvalue weighted by molar-refractivity contribution is 6.29. The minimum Gasteiger partial charge on any atom is -0.299 e. The monoisotopic (exact) mass is 234 g/mol. The first-order chi connectivity index (χ1) is 7.74. The fourth-order valence-corrected chi connectivity index (χ4v) is 2.96. The summed E-state index contributed by atoms with van der Waals surface area (Å²) < 4.78 is 0. The Hall–Kier alpha value is -0.860. The second-order valence-corrected chi connectivity index (χ2v) is 5.16. The first-order valence-electron chi connectivity index (χ1n) is 5.78. The minimum absolute atomic E-state index is 0.572. The molecule has 2 bridgehead atoms. The molecular weight excluding hydrogens is 220 g/mol. The molecule has 3 heteroatoms. The van der Waals surface area contributed by atoms with Gasteiger partial charge in [0.2, 0.25) is 0 Å². The predicted octanol–water partition coefficient (Wildman–Crippen LogP) is 2.84. The summed E-state index contributed by atoms with van der Waals surface area (Å²) in [5, 5.41) is 0.572. The lowest BCUT2D eigenvalue weighted by Gasteiger charge is -2.42. The van der Waals surface area contributed by atoms with Gasteiger partial charge >= 0.3 is 0 Å². The summed E-state index contributed by atoms with van der Waals surface area (Å²) >= 11 is 5.81. The van der Waals surface area contributed by atoms with E-state index >= 15 is 0 Å². The summed E-state index contributed by atoms with van der Waals surface area (Å²) in [5.41, 5.74) is 2.71. The Morgan fingerprint density at radius 3 is 2.81 bits per heavy atom. The van der Waals surface area contributed by atoms with Crippen molar-refractivity contribution in [3.8, 4) is 0 Å². The van der Waals surface area contributed by atoms with Crippen molar-refractivity contribution in [3.63, 3.8) is 0 Å². The van der Waals surface area contributed by atoms with E-state index in [1.807, 2.05) is 12.3 Å². The van der Waals surface area contributed by atoms with Crippen LogP contribution in [0.2, 0.25) is 5.15 Å². The van der Waals surface area contributed by atoms with Crippen LogP contribution in [0.3, 0.4) is 0 Å².